The first-order valence-corrected chi connectivity index (χ1v) is 1.99. The van der Waals surface area contributed by atoms with Crippen molar-refractivity contribution in [3.8, 4) is 0 Å². The Hall–Kier alpha value is -1.20. The van der Waals surface area contributed by atoms with E-state index in [0.29, 0.717) is 0 Å². The Kier molecular flexibility index (Phi) is 3.26. The average molecular weight is 131 g/mol. The Morgan fingerprint density at radius 1 is 1.22 bits per heavy atom. The molecule has 0 aliphatic carbocycles. The third kappa shape index (κ3) is 2.58. The Balaban J connectivity index is 0.000000291. The van der Waals surface area contributed by atoms with Crippen LogP contribution in [0, 0.1) is 0 Å². The third-order valence-electron chi connectivity index (χ3n) is 0.557. The zero-order valence-electron chi connectivity index (χ0n) is 4.40. The molecule has 1 aliphatic rings. The van der Waals surface area contributed by atoms with Crippen LogP contribution in [0.5, 0.6) is 0 Å². The highest BCUT2D eigenvalue weighted by Crippen LogP contribution is 1.92. The number of esters is 2. The minimum Gasteiger partial charge on any atom is -0.387 e. The van der Waals surface area contributed by atoms with Crippen LogP contribution >= 0.6 is 0 Å². The van der Waals surface area contributed by atoms with Crippen molar-refractivity contribution in [2.24, 2.45) is 5.90 Å². The van der Waals surface area contributed by atoms with Gasteiger partial charge >= 0.3 is 11.9 Å². The molecule has 5 nitrogen and oxygen atoms in total. The monoisotopic (exact) mass is 131 g/mol. The molecule has 0 amide bonds. The van der Waals surface area contributed by atoms with Crippen LogP contribution in [-0.4, -0.2) is 17.1 Å². The van der Waals surface area contributed by atoms with Crippen molar-refractivity contribution < 1.29 is 19.5 Å². The van der Waals surface area contributed by atoms with Gasteiger partial charge in [0.25, 0.3) is 0 Å². The fraction of sp³-hybridized carbons (Fsp3) is 0. The minimum atomic E-state index is -0.579. The number of ether oxygens (including phenoxy) is 1. The number of rotatable bonds is 0. The molecular formula is C4H5NO4. The van der Waals surface area contributed by atoms with Gasteiger partial charge in [-0.1, -0.05) is 0 Å². The highest BCUT2D eigenvalue weighted by atomic mass is 16.6. The van der Waals surface area contributed by atoms with E-state index < -0.39 is 11.9 Å². The van der Waals surface area contributed by atoms with Crippen LogP contribution in [0.4, 0.5) is 0 Å². The first kappa shape index (κ1) is 7.80. The van der Waals surface area contributed by atoms with Crippen LogP contribution in [0.15, 0.2) is 12.2 Å². The highest BCUT2D eigenvalue weighted by molar-refractivity contribution is 6.04. The maximum atomic E-state index is 9.92. The van der Waals surface area contributed by atoms with E-state index in [1.54, 1.807) is 0 Å². The van der Waals surface area contributed by atoms with Crippen molar-refractivity contribution in [1.29, 1.82) is 0 Å². The summed E-state index contributed by atoms with van der Waals surface area (Å²) in [5.74, 6) is 2.34. The van der Waals surface area contributed by atoms with Crippen LogP contribution in [0.1, 0.15) is 0 Å². The summed E-state index contributed by atoms with van der Waals surface area (Å²) in [5.41, 5.74) is 0. The molecule has 1 aliphatic heterocycles. The molecule has 9 heavy (non-hydrogen) atoms. The fourth-order valence-corrected chi connectivity index (χ4v) is 0.303. The lowest BCUT2D eigenvalue weighted by Gasteiger charge is -1.80. The van der Waals surface area contributed by atoms with E-state index in [-0.39, 0.29) is 0 Å². The molecule has 0 fully saturated rings. The summed E-state index contributed by atoms with van der Waals surface area (Å²) in [6, 6.07) is 0. The summed E-state index contributed by atoms with van der Waals surface area (Å²) in [5, 5.41) is 6.50. The molecule has 0 aromatic heterocycles. The molecule has 0 radical (unpaired) electrons. The van der Waals surface area contributed by atoms with Gasteiger partial charge < -0.3 is 9.94 Å². The molecule has 0 saturated carbocycles. The van der Waals surface area contributed by atoms with Gasteiger partial charge in [0.15, 0.2) is 0 Å². The Labute approximate surface area is 50.7 Å². The van der Waals surface area contributed by atoms with Crippen molar-refractivity contribution in [1.82, 2.24) is 0 Å². The second kappa shape index (κ2) is 3.76. The predicted octanol–water partition coefficient (Wildman–Crippen LogP) is -1.04. The van der Waals surface area contributed by atoms with Gasteiger partial charge in [-0.2, -0.15) is 0 Å². The van der Waals surface area contributed by atoms with Gasteiger partial charge in [-0.25, -0.2) is 15.5 Å². The van der Waals surface area contributed by atoms with Crippen LogP contribution in [0.25, 0.3) is 0 Å². The zero-order chi connectivity index (χ0) is 7.28. The SMILES string of the molecule is NO.O=C1C=CC(=O)O1. The number of carbonyl (C=O) groups is 2. The summed E-state index contributed by atoms with van der Waals surface area (Å²) < 4.78 is 3.97. The Morgan fingerprint density at radius 3 is 1.67 bits per heavy atom. The van der Waals surface area contributed by atoms with Crippen molar-refractivity contribution >= 4 is 11.9 Å². The molecule has 1 heterocycles. The highest BCUT2D eigenvalue weighted by Gasteiger charge is 2.10. The second-order valence-corrected chi connectivity index (χ2v) is 1.07. The number of carbonyl (C=O) groups excluding carboxylic acids is 2. The summed E-state index contributed by atoms with van der Waals surface area (Å²) in [6.45, 7) is 0. The van der Waals surface area contributed by atoms with Gasteiger partial charge in [0.05, 0.1) is 0 Å². The van der Waals surface area contributed by atoms with E-state index >= 15 is 0 Å². The lowest BCUT2D eigenvalue weighted by Crippen LogP contribution is -1.96. The van der Waals surface area contributed by atoms with Crippen molar-refractivity contribution in [2.45, 2.75) is 0 Å². The molecule has 0 aromatic rings. The van der Waals surface area contributed by atoms with Crippen LogP contribution in [-0.2, 0) is 14.3 Å². The van der Waals surface area contributed by atoms with E-state index in [0.717, 1.165) is 12.2 Å². The molecule has 0 saturated heterocycles. The topological polar surface area (TPSA) is 89.6 Å². The van der Waals surface area contributed by atoms with Gasteiger partial charge in [0, 0.05) is 12.2 Å². The van der Waals surface area contributed by atoms with Crippen LogP contribution in [0.3, 0.4) is 0 Å². The average Bonchev–Trinajstić information content (AvgIpc) is 2.20. The molecule has 1 rings (SSSR count). The van der Waals surface area contributed by atoms with E-state index in [9.17, 15) is 9.59 Å². The number of nitrogens with two attached hydrogens (primary N) is 1. The van der Waals surface area contributed by atoms with Crippen LogP contribution < -0.4 is 5.90 Å². The maximum Gasteiger partial charge on any atom is 0.338 e. The Bertz CT molecular complexity index is 135. The van der Waals surface area contributed by atoms with E-state index in [2.05, 4.69) is 10.6 Å². The summed E-state index contributed by atoms with van der Waals surface area (Å²) in [4.78, 5) is 19.8. The summed E-state index contributed by atoms with van der Waals surface area (Å²) in [7, 11) is 0. The molecule has 3 N–H and O–H groups in total. The molecule has 0 spiro atoms. The van der Waals surface area contributed by atoms with E-state index in [4.69, 9.17) is 5.21 Å². The normalized spacial score (nSPS) is 14.4. The number of cyclic esters (lactones) is 2. The van der Waals surface area contributed by atoms with Gasteiger partial charge in [-0.3, -0.25) is 0 Å². The van der Waals surface area contributed by atoms with Crippen molar-refractivity contribution in [3.05, 3.63) is 12.2 Å². The largest absolute Gasteiger partial charge is 0.387 e. The minimum absolute atomic E-state index is 0.579. The van der Waals surface area contributed by atoms with Gasteiger partial charge in [-0.15, -0.1) is 0 Å². The van der Waals surface area contributed by atoms with Crippen molar-refractivity contribution in [2.75, 3.05) is 0 Å². The molecular weight excluding hydrogens is 126 g/mol. The summed E-state index contributed by atoms with van der Waals surface area (Å²) in [6.07, 6.45) is 2.17. The fourth-order valence-electron chi connectivity index (χ4n) is 0.303. The lowest BCUT2D eigenvalue weighted by molar-refractivity contribution is -0.150. The quantitative estimate of drug-likeness (QED) is 0.249. The molecule has 0 unspecified atom stereocenters. The number of hydrogen-bond donors (Lipinski definition) is 2. The second-order valence-electron chi connectivity index (χ2n) is 1.07. The van der Waals surface area contributed by atoms with Gasteiger partial charge in [0.1, 0.15) is 0 Å². The van der Waals surface area contributed by atoms with E-state index in [1.807, 2.05) is 0 Å². The standard InChI is InChI=1S/C4H2O3.H3NO/c5-3-1-2-4(6)7-3;1-2/h1-2H;2H,1H2. The third-order valence-corrected chi connectivity index (χ3v) is 0.557. The molecule has 50 valence electrons. The Morgan fingerprint density at radius 2 is 1.56 bits per heavy atom. The zero-order valence-corrected chi connectivity index (χ0v) is 4.40. The first-order valence-electron chi connectivity index (χ1n) is 1.99. The molecule has 0 aromatic carbocycles. The molecule has 0 atom stereocenters. The predicted molar refractivity (Wildman–Crippen MR) is 26.2 cm³/mol. The van der Waals surface area contributed by atoms with Crippen LogP contribution in [0.2, 0.25) is 0 Å². The molecule has 5 heteroatoms. The number of hydrogen-bond acceptors (Lipinski definition) is 5. The maximum absolute atomic E-state index is 9.92. The van der Waals surface area contributed by atoms with Crippen molar-refractivity contribution in [3.63, 3.8) is 0 Å². The summed E-state index contributed by atoms with van der Waals surface area (Å²) >= 11 is 0. The molecule has 0 bridgehead atoms. The van der Waals surface area contributed by atoms with Gasteiger partial charge in [0.2, 0.25) is 0 Å². The first-order chi connectivity index (χ1) is 4.29. The lowest BCUT2D eigenvalue weighted by atomic mass is 10.6. The van der Waals surface area contributed by atoms with E-state index in [1.165, 1.54) is 0 Å². The van der Waals surface area contributed by atoms with Gasteiger partial charge in [-0.05, 0) is 0 Å². The smallest absolute Gasteiger partial charge is 0.338 e.